The molecule has 0 spiro atoms. The number of alkyl halides is 3. The molecule has 0 bridgehead atoms. The van der Waals surface area contributed by atoms with Crippen molar-refractivity contribution in [3.63, 3.8) is 0 Å². The quantitative estimate of drug-likeness (QED) is 0.488. The lowest BCUT2D eigenvalue weighted by atomic mass is 9.88. The van der Waals surface area contributed by atoms with Crippen LogP contribution in [0.15, 0.2) is 41.2 Å². The van der Waals surface area contributed by atoms with Gasteiger partial charge in [-0.2, -0.15) is 13.2 Å². The summed E-state index contributed by atoms with van der Waals surface area (Å²) in [6.45, 7) is 7.81. The number of aliphatic hydroxyl groups excluding tert-OH is 1. The average Bonchev–Trinajstić information content (AvgIpc) is 2.80. The first kappa shape index (κ1) is 25.7. The van der Waals surface area contributed by atoms with Crippen LogP contribution in [0.5, 0.6) is 0 Å². The summed E-state index contributed by atoms with van der Waals surface area (Å²) in [6, 6.07) is 7.87. The number of H-pyrrole nitrogens is 1. The average molecular weight is 503 g/mol. The summed E-state index contributed by atoms with van der Waals surface area (Å²) >= 11 is 0. The fraction of sp³-hybridized carbons (Fsp3) is 0.423. The first-order valence-electron chi connectivity index (χ1n) is 11.8. The standard InChI is InChI=1S/C26H29F3N4O3/c1-13-11-33(12-14(2)23(13)34)25(36)17-5-7-18(8-6-17)30-15(3)19-9-20-22(10-21(19)26(27,28)29)31-16(4)32-24(20)35/h5-10,13-15,23,30,34H,11-12H2,1-4H3,(H,31,32,35)/t13-,14+,15-,23?/m0/s1. The van der Waals surface area contributed by atoms with Crippen LogP contribution in [0.2, 0.25) is 0 Å². The maximum Gasteiger partial charge on any atom is 0.416 e. The molecule has 0 aliphatic carbocycles. The van der Waals surface area contributed by atoms with E-state index in [2.05, 4.69) is 15.3 Å². The number of amides is 1. The van der Waals surface area contributed by atoms with Crippen molar-refractivity contribution in [3.8, 4) is 0 Å². The lowest BCUT2D eigenvalue weighted by Crippen LogP contribution is -2.49. The van der Waals surface area contributed by atoms with Gasteiger partial charge >= 0.3 is 6.18 Å². The monoisotopic (exact) mass is 502 g/mol. The molecule has 7 nitrogen and oxygen atoms in total. The van der Waals surface area contributed by atoms with Crippen LogP contribution in [0.3, 0.4) is 0 Å². The number of aryl methyl sites for hydroxylation is 1. The topological polar surface area (TPSA) is 98.3 Å². The molecular weight excluding hydrogens is 473 g/mol. The molecule has 192 valence electrons. The smallest absolute Gasteiger partial charge is 0.392 e. The number of benzene rings is 2. The van der Waals surface area contributed by atoms with Crippen LogP contribution in [0, 0.1) is 18.8 Å². The molecule has 1 aromatic heterocycles. The molecule has 36 heavy (non-hydrogen) atoms. The van der Waals surface area contributed by atoms with Gasteiger partial charge in [-0.05, 0) is 67.6 Å². The van der Waals surface area contributed by atoms with E-state index in [0.717, 1.165) is 6.07 Å². The van der Waals surface area contributed by atoms with Crippen LogP contribution in [-0.2, 0) is 6.18 Å². The van der Waals surface area contributed by atoms with Crippen molar-refractivity contribution in [1.29, 1.82) is 0 Å². The molecule has 1 aliphatic rings. The van der Waals surface area contributed by atoms with Crippen LogP contribution in [0.1, 0.15) is 54.1 Å². The maximum absolute atomic E-state index is 13.9. The summed E-state index contributed by atoms with van der Waals surface area (Å²) in [4.78, 5) is 33.6. The maximum atomic E-state index is 13.9. The van der Waals surface area contributed by atoms with E-state index in [1.807, 2.05) is 13.8 Å². The third-order valence-electron chi connectivity index (χ3n) is 6.75. The molecular formula is C26H29F3N4O3. The molecule has 1 amide bonds. The first-order valence-corrected chi connectivity index (χ1v) is 11.8. The third kappa shape index (κ3) is 5.09. The molecule has 4 rings (SSSR count). The number of aliphatic hydroxyl groups is 1. The highest BCUT2D eigenvalue weighted by Crippen LogP contribution is 2.37. The second-order valence-electron chi connectivity index (χ2n) is 9.70. The first-order chi connectivity index (χ1) is 16.8. The van der Waals surface area contributed by atoms with Crippen molar-refractivity contribution in [3.05, 3.63) is 69.3 Å². The lowest BCUT2D eigenvalue weighted by Gasteiger charge is -2.38. The minimum absolute atomic E-state index is 0.0174. The van der Waals surface area contributed by atoms with Crippen LogP contribution in [-0.4, -0.2) is 45.1 Å². The van der Waals surface area contributed by atoms with Gasteiger partial charge in [0.25, 0.3) is 11.5 Å². The molecule has 1 saturated heterocycles. The lowest BCUT2D eigenvalue weighted by molar-refractivity contribution is -0.138. The number of hydrogen-bond acceptors (Lipinski definition) is 5. The number of likely N-dealkylation sites (tertiary alicyclic amines) is 1. The Hall–Kier alpha value is -3.40. The van der Waals surface area contributed by atoms with E-state index >= 15 is 0 Å². The fourth-order valence-corrected chi connectivity index (χ4v) is 4.86. The zero-order valence-corrected chi connectivity index (χ0v) is 20.5. The largest absolute Gasteiger partial charge is 0.416 e. The summed E-state index contributed by atoms with van der Waals surface area (Å²) in [5.74, 6) is 0.0150. The van der Waals surface area contributed by atoms with Crippen LogP contribution in [0.4, 0.5) is 18.9 Å². The Morgan fingerprint density at radius 1 is 1.17 bits per heavy atom. The summed E-state index contributed by atoms with van der Waals surface area (Å²) in [5.41, 5.74) is -0.485. The van der Waals surface area contributed by atoms with E-state index < -0.39 is 29.4 Å². The molecule has 4 atom stereocenters. The van der Waals surface area contributed by atoms with Crippen LogP contribution < -0.4 is 10.9 Å². The van der Waals surface area contributed by atoms with Gasteiger partial charge in [0, 0.05) is 30.4 Å². The summed E-state index contributed by atoms with van der Waals surface area (Å²) < 4.78 is 41.6. The predicted molar refractivity (Wildman–Crippen MR) is 131 cm³/mol. The number of aromatic amines is 1. The third-order valence-corrected chi connectivity index (χ3v) is 6.75. The minimum Gasteiger partial charge on any atom is -0.392 e. The number of aromatic nitrogens is 2. The molecule has 1 fully saturated rings. The Kier molecular flexibility index (Phi) is 6.83. The van der Waals surface area contributed by atoms with Crippen molar-refractivity contribution in [2.24, 2.45) is 11.8 Å². The number of anilines is 1. The molecule has 3 N–H and O–H groups in total. The van der Waals surface area contributed by atoms with E-state index in [9.17, 15) is 27.9 Å². The molecule has 0 saturated carbocycles. The molecule has 1 unspecified atom stereocenters. The summed E-state index contributed by atoms with van der Waals surface area (Å²) in [6.07, 6.45) is -5.08. The van der Waals surface area contributed by atoms with Gasteiger partial charge < -0.3 is 20.3 Å². The Morgan fingerprint density at radius 2 is 1.78 bits per heavy atom. The van der Waals surface area contributed by atoms with Gasteiger partial charge in [-0.25, -0.2) is 4.98 Å². The van der Waals surface area contributed by atoms with Crippen molar-refractivity contribution in [1.82, 2.24) is 14.9 Å². The van der Waals surface area contributed by atoms with Gasteiger partial charge in [0.15, 0.2) is 0 Å². The van der Waals surface area contributed by atoms with E-state index in [0.29, 0.717) is 24.3 Å². The molecule has 10 heteroatoms. The van der Waals surface area contributed by atoms with Gasteiger partial charge in [-0.1, -0.05) is 13.8 Å². The van der Waals surface area contributed by atoms with Crippen LogP contribution in [0.25, 0.3) is 10.9 Å². The second-order valence-corrected chi connectivity index (χ2v) is 9.70. The van der Waals surface area contributed by atoms with Crippen molar-refractivity contribution >= 4 is 22.5 Å². The fourth-order valence-electron chi connectivity index (χ4n) is 4.86. The van der Waals surface area contributed by atoms with E-state index in [1.54, 1.807) is 36.1 Å². The Morgan fingerprint density at radius 3 is 2.36 bits per heavy atom. The van der Waals surface area contributed by atoms with Crippen LogP contribution >= 0.6 is 0 Å². The zero-order valence-electron chi connectivity index (χ0n) is 20.5. The number of nitrogens with zero attached hydrogens (tertiary/aromatic N) is 2. The normalized spacial score (nSPS) is 21.4. The Bertz CT molecular complexity index is 1330. The van der Waals surface area contributed by atoms with Gasteiger partial charge in [0.1, 0.15) is 5.82 Å². The van der Waals surface area contributed by atoms with E-state index in [-0.39, 0.29) is 40.0 Å². The number of nitrogens with one attached hydrogen (secondary N) is 2. The highest BCUT2D eigenvalue weighted by atomic mass is 19.4. The number of piperidine rings is 1. The molecule has 3 aromatic rings. The molecule has 2 heterocycles. The molecule has 2 aromatic carbocycles. The Labute approximate surface area is 206 Å². The van der Waals surface area contributed by atoms with Crippen molar-refractivity contribution < 1.29 is 23.1 Å². The highest BCUT2D eigenvalue weighted by Gasteiger charge is 2.36. The number of fused-ring (bicyclic) bond motifs is 1. The zero-order chi connectivity index (χ0) is 26.4. The minimum atomic E-state index is -4.63. The van der Waals surface area contributed by atoms with Gasteiger partial charge in [-0.3, -0.25) is 9.59 Å². The van der Waals surface area contributed by atoms with Crippen molar-refractivity contribution in [2.45, 2.75) is 46.0 Å². The van der Waals surface area contributed by atoms with Gasteiger partial charge in [-0.15, -0.1) is 0 Å². The number of carbonyl (C=O) groups is 1. The van der Waals surface area contributed by atoms with Gasteiger partial charge in [0.2, 0.25) is 0 Å². The van der Waals surface area contributed by atoms with Gasteiger partial charge in [0.05, 0.1) is 22.6 Å². The SMILES string of the molecule is Cc1nc2cc(C(F)(F)F)c([C@H](C)Nc3ccc(C(=O)N4C[C@@H](C)C(O)[C@@H](C)C4)cc3)cc2c(=O)[nH]1. The highest BCUT2D eigenvalue weighted by molar-refractivity contribution is 5.94. The summed E-state index contributed by atoms with van der Waals surface area (Å²) in [5, 5.41) is 13.3. The predicted octanol–water partition coefficient (Wildman–Crippen LogP) is 4.51. The van der Waals surface area contributed by atoms with E-state index in [1.165, 1.54) is 13.0 Å². The Balaban J connectivity index is 1.57. The molecule has 1 aliphatic heterocycles. The number of carbonyl (C=O) groups excluding carboxylic acids is 1. The molecule has 0 radical (unpaired) electrons. The number of hydrogen-bond donors (Lipinski definition) is 3. The summed E-state index contributed by atoms with van der Waals surface area (Å²) in [7, 11) is 0. The van der Waals surface area contributed by atoms with Crippen molar-refractivity contribution in [2.75, 3.05) is 18.4 Å². The number of halogens is 3. The second kappa shape index (κ2) is 9.57. The van der Waals surface area contributed by atoms with E-state index in [4.69, 9.17) is 0 Å². The number of rotatable bonds is 4.